The van der Waals surface area contributed by atoms with Crippen molar-refractivity contribution in [3.05, 3.63) is 32.6 Å². The third-order valence-electron chi connectivity index (χ3n) is 2.22. The number of rotatable bonds is 2. The molecule has 0 aliphatic heterocycles. The van der Waals surface area contributed by atoms with Crippen LogP contribution in [0, 0.1) is 0 Å². The second kappa shape index (κ2) is 3.79. The fourth-order valence-corrected chi connectivity index (χ4v) is 1.28. The summed E-state index contributed by atoms with van der Waals surface area (Å²) in [5.74, 6) is 0. The van der Waals surface area contributed by atoms with Crippen LogP contribution in [0.15, 0.2) is 15.8 Å². The molecule has 0 radical (unpaired) electrons. The summed E-state index contributed by atoms with van der Waals surface area (Å²) in [6.07, 6.45) is 1.03. The first kappa shape index (κ1) is 10.7. The first-order chi connectivity index (χ1) is 6.49. The number of aryl methyl sites for hydroxylation is 1. The van der Waals surface area contributed by atoms with Gasteiger partial charge in [-0.15, -0.1) is 0 Å². The molecule has 1 heterocycles. The first-order valence-corrected chi connectivity index (χ1v) is 4.43. The molecule has 0 bridgehead atoms. The lowest BCUT2D eigenvalue weighted by Gasteiger charge is -2.10. The molecule has 1 aromatic heterocycles. The zero-order chi connectivity index (χ0) is 10.9. The van der Waals surface area contributed by atoms with Crippen LogP contribution in [-0.4, -0.2) is 14.2 Å². The molecule has 1 N–H and O–H groups in total. The molecule has 0 saturated carbocycles. The molecular weight excluding hydrogens is 184 g/mol. The van der Waals surface area contributed by atoms with Crippen molar-refractivity contribution in [3.63, 3.8) is 0 Å². The molecule has 0 amide bonds. The maximum atomic E-state index is 11.5. The first-order valence-electron chi connectivity index (χ1n) is 4.43. The van der Waals surface area contributed by atoms with Crippen molar-refractivity contribution in [3.8, 4) is 0 Å². The second-order valence-electron chi connectivity index (χ2n) is 3.27. The molecule has 0 spiro atoms. The minimum Gasteiger partial charge on any atom is -0.388 e. The van der Waals surface area contributed by atoms with Gasteiger partial charge in [-0.2, -0.15) is 0 Å². The Bertz CT molecular complexity index is 444. The highest BCUT2D eigenvalue weighted by molar-refractivity contribution is 5.08. The highest BCUT2D eigenvalue weighted by Gasteiger charge is 2.13. The Labute approximate surface area is 81.2 Å². The summed E-state index contributed by atoms with van der Waals surface area (Å²) >= 11 is 0. The number of aromatic nitrogens is 2. The van der Waals surface area contributed by atoms with Crippen molar-refractivity contribution in [2.45, 2.75) is 19.4 Å². The topological polar surface area (TPSA) is 64.2 Å². The summed E-state index contributed by atoms with van der Waals surface area (Å²) in [6, 6.07) is 0. The van der Waals surface area contributed by atoms with Crippen molar-refractivity contribution >= 4 is 0 Å². The predicted octanol–water partition coefficient (Wildman–Crippen LogP) is -0.473. The van der Waals surface area contributed by atoms with Crippen molar-refractivity contribution in [1.82, 2.24) is 9.13 Å². The zero-order valence-corrected chi connectivity index (χ0v) is 8.52. The van der Waals surface area contributed by atoms with Gasteiger partial charge in [0.05, 0.1) is 11.7 Å². The quantitative estimate of drug-likeness (QED) is 0.698. The van der Waals surface area contributed by atoms with Gasteiger partial charge in [-0.3, -0.25) is 9.36 Å². The van der Waals surface area contributed by atoms with Gasteiger partial charge in [-0.25, -0.2) is 4.79 Å². The Morgan fingerprint density at radius 1 is 1.43 bits per heavy atom. The van der Waals surface area contributed by atoms with Crippen LogP contribution in [-0.2, 0) is 14.1 Å². The molecule has 0 aromatic carbocycles. The minimum atomic E-state index is -0.805. The van der Waals surface area contributed by atoms with Gasteiger partial charge in [0, 0.05) is 20.3 Å². The van der Waals surface area contributed by atoms with Crippen LogP contribution in [0.4, 0.5) is 0 Å². The molecular formula is C9H14N2O3. The Morgan fingerprint density at radius 2 is 2.00 bits per heavy atom. The van der Waals surface area contributed by atoms with E-state index in [0.717, 1.165) is 4.57 Å². The molecule has 5 nitrogen and oxygen atoms in total. The van der Waals surface area contributed by atoms with Crippen LogP contribution >= 0.6 is 0 Å². The largest absolute Gasteiger partial charge is 0.388 e. The lowest BCUT2D eigenvalue weighted by atomic mass is 10.1. The maximum Gasteiger partial charge on any atom is 0.330 e. The van der Waals surface area contributed by atoms with Crippen LogP contribution in [0.25, 0.3) is 0 Å². The standard InChI is InChI=1S/C9H14N2O3/c1-4-7(12)6-5-10(2)9(14)11(3)8(6)13/h5,7,12H,4H2,1-3H3/t7-/m0/s1. The molecule has 78 valence electrons. The van der Waals surface area contributed by atoms with E-state index in [4.69, 9.17) is 0 Å². The fraction of sp³-hybridized carbons (Fsp3) is 0.556. The lowest BCUT2D eigenvalue weighted by molar-refractivity contribution is 0.170. The summed E-state index contributed by atoms with van der Waals surface area (Å²) in [5.41, 5.74) is -0.554. The van der Waals surface area contributed by atoms with Gasteiger partial charge in [0.2, 0.25) is 0 Å². The van der Waals surface area contributed by atoms with Crippen LogP contribution < -0.4 is 11.2 Å². The molecule has 1 atom stereocenters. The third-order valence-corrected chi connectivity index (χ3v) is 2.22. The number of hydrogen-bond acceptors (Lipinski definition) is 3. The van der Waals surface area contributed by atoms with Crippen LogP contribution in [0.2, 0.25) is 0 Å². The normalized spacial score (nSPS) is 12.9. The van der Waals surface area contributed by atoms with Gasteiger partial charge in [0.25, 0.3) is 5.56 Å². The Morgan fingerprint density at radius 3 is 2.50 bits per heavy atom. The number of hydrogen-bond donors (Lipinski definition) is 1. The van der Waals surface area contributed by atoms with Crippen molar-refractivity contribution < 1.29 is 5.11 Å². The van der Waals surface area contributed by atoms with E-state index in [0.29, 0.717) is 6.42 Å². The minimum absolute atomic E-state index is 0.261. The van der Waals surface area contributed by atoms with Gasteiger partial charge in [-0.05, 0) is 6.42 Å². The third kappa shape index (κ3) is 1.63. The lowest BCUT2D eigenvalue weighted by Crippen LogP contribution is -2.39. The van der Waals surface area contributed by atoms with Crippen molar-refractivity contribution in [2.24, 2.45) is 14.1 Å². The van der Waals surface area contributed by atoms with Gasteiger partial charge in [0.1, 0.15) is 0 Å². The van der Waals surface area contributed by atoms with Gasteiger partial charge >= 0.3 is 5.69 Å². The summed E-state index contributed by atoms with van der Waals surface area (Å²) in [5, 5.41) is 9.52. The molecule has 0 unspecified atom stereocenters. The van der Waals surface area contributed by atoms with E-state index >= 15 is 0 Å². The SMILES string of the molecule is CC[C@H](O)c1cn(C)c(=O)n(C)c1=O. The van der Waals surface area contributed by atoms with E-state index in [-0.39, 0.29) is 11.3 Å². The smallest absolute Gasteiger partial charge is 0.330 e. The monoisotopic (exact) mass is 198 g/mol. The number of aliphatic hydroxyl groups excluding tert-OH is 1. The molecule has 14 heavy (non-hydrogen) atoms. The van der Waals surface area contributed by atoms with Crippen LogP contribution in [0.3, 0.4) is 0 Å². The number of aliphatic hydroxyl groups is 1. The van der Waals surface area contributed by atoms with E-state index in [1.165, 1.54) is 17.8 Å². The average Bonchev–Trinajstić information content (AvgIpc) is 2.19. The molecule has 0 fully saturated rings. The maximum absolute atomic E-state index is 11.5. The Kier molecular flexibility index (Phi) is 2.90. The Balaban J connectivity index is 3.49. The van der Waals surface area contributed by atoms with Crippen molar-refractivity contribution in [1.29, 1.82) is 0 Å². The highest BCUT2D eigenvalue weighted by Crippen LogP contribution is 2.09. The summed E-state index contributed by atoms with van der Waals surface area (Å²) in [4.78, 5) is 22.8. The molecule has 0 aliphatic rings. The Hall–Kier alpha value is -1.36. The van der Waals surface area contributed by atoms with Crippen molar-refractivity contribution in [2.75, 3.05) is 0 Å². The van der Waals surface area contributed by atoms with E-state index < -0.39 is 11.7 Å². The molecule has 0 aliphatic carbocycles. The fourth-order valence-electron chi connectivity index (χ4n) is 1.28. The van der Waals surface area contributed by atoms with E-state index in [2.05, 4.69) is 0 Å². The highest BCUT2D eigenvalue weighted by atomic mass is 16.3. The second-order valence-corrected chi connectivity index (χ2v) is 3.27. The molecule has 1 rings (SSSR count). The van der Waals surface area contributed by atoms with Crippen LogP contribution in [0.1, 0.15) is 25.0 Å². The summed E-state index contributed by atoms with van der Waals surface area (Å²) in [7, 11) is 2.95. The molecule has 0 saturated heterocycles. The van der Waals surface area contributed by atoms with E-state index in [1.54, 1.807) is 14.0 Å². The van der Waals surface area contributed by atoms with Gasteiger partial charge in [0.15, 0.2) is 0 Å². The zero-order valence-electron chi connectivity index (χ0n) is 8.52. The summed E-state index contributed by atoms with van der Waals surface area (Å²) in [6.45, 7) is 1.77. The van der Waals surface area contributed by atoms with E-state index in [1.807, 2.05) is 0 Å². The molecule has 1 aromatic rings. The van der Waals surface area contributed by atoms with Crippen LogP contribution in [0.5, 0.6) is 0 Å². The van der Waals surface area contributed by atoms with Gasteiger partial charge in [-0.1, -0.05) is 6.92 Å². The molecule has 5 heteroatoms. The average molecular weight is 198 g/mol. The van der Waals surface area contributed by atoms with Gasteiger partial charge < -0.3 is 9.67 Å². The van der Waals surface area contributed by atoms with E-state index in [9.17, 15) is 14.7 Å². The summed E-state index contributed by atoms with van der Waals surface area (Å²) < 4.78 is 2.28. The number of nitrogens with zero attached hydrogens (tertiary/aromatic N) is 2. The predicted molar refractivity (Wildman–Crippen MR) is 52.2 cm³/mol.